The van der Waals surface area contributed by atoms with Gasteiger partial charge in [-0.1, -0.05) is 11.6 Å². The number of rotatable bonds is 5. The standard InChI is InChI=1S/C14H19ClF2N2O/c1-18-12-4-6-19(7-5-12)9-10-8-11(15)2-3-13(10)20-14(16)17/h2-3,8,12,14,18H,4-7,9H2,1H3. The molecule has 0 radical (unpaired) electrons. The maximum atomic E-state index is 12.4. The van der Waals surface area contributed by atoms with Crippen molar-refractivity contribution in [2.75, 3.05) is 20.1 Å². The third kappa shape index (κ3) is 4.30. The fourth-order valence-corrected chi connectivity index (χ4v) is 2.70. The Kier molecular flexibility index (Phi) is 5.57. The number of nitrogens with zero attached hydrogens (tertiary/aromatic N) is 1. The predicted octanol–water partition coefficient (Wildman–Crippen LogP) is 3.13. The Morgan fingerprint density at radius 2 is 2.10 bits per heavy atom. The summed E-state index contributed by atoms with van der Waals surface area (Å²) in [6.45, 7) is -0.359. The molecule has 1 fully saturated rings. The molecule has 0 atom stereocenters. The lowest BCUT2D eigenvalue weighted by atomic mass is 10.0. The molecule has 1 aromatic rings. The normalized spacial score (nSPS) is 17.6. The smallest absolute Gasteiger partial charge is 0.387 e. The van der Waals surface area contributed by atoms with E-state index < -0.39 is 6.61 Å². The lowest BCUT2D eigenvalue weighted by Crippen LogP contribution is -2.40. The first-order valence-corrected chi connectivity index (χ1v) is 7.09. The second-order valence-electron chi connectivity index (χ2n) is 4.97. The molecule has 0 bridgehead atoms. The lowest BCUT2D eigenvalue weighted by Gasteiger charge is -2.32. The van der Waals surface area contributed by atoms with Gasteiger partial charge in [-0.3, -0.25) is 4.90 Å². The number of likely N-dealkylation sites (tertiary alicyclic amines) is 1. The van der Waals surface area contributed by atoms with Gasteiger partial charge in [0.2, 0.25) is 0 Å². The zero-order chi connectivity index (χ0) is 14.5. The van der Waals surface area contributed by atoms with Crippen molar-refractivity contribution in [2.45, 2.75) is 32.0 Å². The molecule has 0 aliphatic carbocycles. The van der Waals surface area contributed by atoms with E-state index in [4.69, 9.17) is 11.6 Å². The van der Waals surface area contributed by atoms with E-state index >= 15 is 0 Å². The molecule has 1 heterocycles. The first-order valence-electron chi connectivity index (χ1n) is 6.71. The number of hydrogen-bond donors (Lipinski definition) is 1. The molecular formula is C14H19ClF2N2O. The van der Waals surface area contributed by atoms with Crippen LogP contribution in [0.3, 0.4) is 0 Å². The Hall–Kier alpha value is -0.910. The molecule has 6 heteroatoms. The summed E-state index contributed by atoms with van der Waals surface area (Å²) in [5, 5.41) is 3.80. The number of alkyl halides is 2. The quantitative estimate of drug-likeness (QED) is 0.904. The van der Waals surface area contributed by atoms with Gasteiger partial charge in [-0.25, -0.2) is 0 Å². The molecule has 20 heavy (non-hydrogen) atoms. The van der Waals surface area contributed by atoms with Crippen molar-refractivity contribution >= 4 is 11.6 Å². The molecule has 1 aliphatic heterocycles. The zero-order valence-electron chi connectivity index (χ0n) is 11.4. The summed E-state index contributed by atoms with van der Waals surface area (Å²) < 4.78 is 29.4. The molecule has 0 amide bonds. The van der Waals surface area contributed by atoms with E-state index in [1.807, 2.05) is 7.05 Å². The van der Waals surface area contributed by atoms with Gasteiger partial charge < -0.3 is 10.1 Å². The van der Waals surface area contributed by atoms with Crippen LogP contribution < -0.4 is 10.1 Å². The van der Waals surface area contributed by atoms with Gasteiger partial charge >= 0.3 is 6.61 Å². The van der Waals surface area contributed by atoms with Crippen molar-refractivity contribution in [3.63, 3.8) is 0 Å². The molecule has 1 N–H and O–H groups in total. The Bertz CT molecular complexity index is 437. The Morgan fingerprint density at radius 1 is 1.40 bits per heavy atom. The number of ether oxygens (including phenoxy) is 1. The molecule has 0 unspecified atom stereocenters. The van der Waals surface area contributed by atoms with Gasteiger partial charge in [-0.05, 0) is 51.2 Å². The monoisotopic (exact) mass is 304 g/mol. The van der Waals surface area contributed by atoms with Crippen LogP contribution in [0.25, 0.3) is 0 Å². The first-order chi connectivity index (χ1) is 9.58. The summed E-state index contributed by atoms with van der Waals surface area (Å²) in [7, 11) is 1.96. The average Bonchev–Trinajstić information content (AvgIpc) is 2.42. The van der Waals surface area contributed by atoms with Gasteiger partial charge in [0.15, 0.2) is 0 Å². The molecule has 0 aromatic heterocycles. The van der Waals surface area contributed by atoms with E-state index in [-0.39, 0.29) is 5.75 Å². The molecule has 112 valence electrons. The van der Waals surface area contributed by atoms with Crippen molar-refractivity contribution in [1.29, 1.82) is 0 Å². The minimum atomic E-state index is -2.81. The summed E-state index contributed by atoms with van der Waals surface area (Å²) in [6.07, 6.45) is 2.12. The minimum absolute atomic E-state index is 0.208. The second-order valence-corrected chi connectivity index (χ2v) is 5.41. The van der Waals surface area contributed by atoms with Gasteiger partial charge in [0.05, 0.1) is 0 Å². The predicted molar refractivity (Wildman–Crippen MR) is 75.4 cm³/mol. The lowest BCUT2D eigenvalue weighted by molar-refractivity contribution is -0.0508. The Morgan fingerprint density at radius 3 is 2.70 bits per heavy atom. The van der Waals surface area contributed by atoms with Crippen LogP contribution in [0.15, 0.2) is 18.2 Å². The van der Waals surface area contributed by atoms with Crippen molar-refractivity contribution in [3.05, 3.63) is 28.8 Å². The molecule has 1 aromatic carbocycles. The van der Waals surface area contributed by atoms with Crippen LogP contribution in [0.4, 0.5) is 8.78 Å². The number of benzene rings is 1. The second kappa shape index (κ2) is 7.20. The van der Waals surface area contributed by atoms with E-state index in [2.05, 4.69) is 15.0 Å². The van der Waals surface area contributed by atoms with Crippen LogP contribution in [0.5, 0.6) is 5.75 Å². The molecule has 3 nitrogen and oxygen atoms in total. The van der Waals surface area contributed by atoms with E-state index in [9.17, 15) is 8.78 Å². The number of halogens is 3. The summed E-state index contributed by atoms with van der Waals surface area (Å²) in [5.74, 6) is 0.208. The molecule has 0 spiro atoms. The highest BCUT2D eigenvalue weighted by Gasteiger charge is 2.19. The largest absolute Gasteiger partial charge is 0.434 e. The van der Waals surface area contributed by atoms with Gasteiger partial charge in [0.25, 0.3) is 0 Å². The van der Waals surface area contributed by atoms with Gasteiger partial charge in [0.1, 0.15) is 5.75 Å². The first kappa shape index (κ1) is 15.5. The van der Waals surface area contributed by atoms with E-state index in [1.54, 1.807) is 12.1 Å². The topological polar surface area (TPSA) is 24.5 Å². The van der Waals surface area contributed by atoms with Crippen LogP contribution in [-0.4, -0.2) is 37.7 Å². The number of nitrogens with one attached hydrogen (secondary N) is 1. The summed E-state index contributed by atoms with van der Waals surface area (Å²) in [4.78, 5) is 2.23. The van der Waals surface area contributed by atoms with Crippen molar-refractivity contribution in [2.24, 2.45) is 0 Å². The third-order valence-electron chi connectivity index (χ3n) is 3.63. The van der Waals surface area contributed by atoms with Gasteiger partial charge in [0, 0.05) is 23.2 Å². The van der Waals surface area contributed by atoms with Gasteiger partial charge in [-0.2, -0.15) is 8.78 Å². The van der Waals surface area contributed by atoms with Crippen molar-refractivity contribution in [3.8, 4) is 5.75 Å². The highest BCUT2D eigenvalue weighted by molar-refractivity contribution is 6.30. The SMILES string of the molecule is CNC1CCN(Cc2cc(Cl)ccc2OC(F)F)CC1. The Labute approximate surface area is 122 Å². The summed E-state index contributed by atoms with van der Waals surface area (Å²) in [5.41, 5.74) is 0.709. The highest BCUT2D eigenvalue weighted by atomic mass is 35.5. The zero-order valence-corrected chi connectivity index (χ0v) is 12.2. The number of piperidine rings is 1. The highest BCUT2D eigenvalue weighted by Crippen LogP contribution is 2.26. The number of hydrogen-bond acceptors (Lipinski definition) is 3. The maximum absolute atomic E-state index is 12.4. The van der Waals surface area contributed by atoms with E-state index in [0.29, 0.717) is 23.2 Å². The van der Waals surface area contributed by atoms with E-state index in [0.717, 1.165) is 25.9 Å². The fraction of sp³-hybridized carbons (Fsp3) is 0.571. The van der Waals surface area contributed by atoms with Crippen LogP contribution >= 0.6 is 11.6 Å². The average molecular weight is 305 g/mol. The van der Waals surface area contributed by atoms with Crippen molar-refractivity contribution < 1.29 is 13.5 Å². The van der Waals surface area contributed by atoms with Crippen LogP contribution in [0.1, 0.15) is 18.4 Å². The minimum Gasteiger partial charge on any atom is -0.434 e. The van der Waals surface area contributed by atoms with Crippen LogP contribution in [-0.2, 0) is 6.54 Å². The molecule has 1 aliphatic rings. The molecule has 1 saturated heterocycles. The molecule has 0 saturated carbocycles. The molecule has 2 rings (SSSR count). The maximum Gasteiger partial charge on any atom is 0.387 e. The van der Waals surface area contributed by atoms with E-state index in [1.165, 1.54) is 6.07 Å². The summed E-state index contributed by atoms with van der Waals surface area (Å²) in [6, 6.07) is 5.31. The van der Waals surface area contributed by atoms with Crippen molar-refractivity contribution in [1.82, 2.24) is 10.2 Å². The fourth-order valence-electron chi connectivity index (χ4n) is 2.50. The third-order valence-corrected chi connectivity index (χ3v) is 3.86. The van der Waals surface area contributed by atoms with Crippen LogP contribution in [0, 0.1) is 0 Å². The van der Waals surface area contributed by atoms with Gasteiger partial charge in [-0.15, -0.1) is 0 Å². The Balaban J connectivity index is 2.02. The summed E-state index contributed by atoms with van der Waals surface area (Å²) >= 11 is 5.95. The van der Waals surface area contributed by atoms with Crippen LogP contribution in [0.2, 0.25) is 5.02 Å². The molecular weight excluding hydrogens is 286 g/mol.